The van der Waals surface area contributed by atoms with Crippen molar-refractivity contribution in [2.45, 2.75) is 45.1 Å². The molecule has 150 valence electrons. The van der Waals surface area contributed by atoms with E-state index in [1.54, 1.807) is 4.90 Å². The number of anilines is 1. The van der Waals surface area contributed by atoms with Crippen LogP contribution in [0.2, 0.25) is 0 Å². The molecule has 0 aromatic heterocycles. The van der Waals surface area contributed by atoms with E-state index >= 15 is 0 Å². The molecule has 2 saturated heterocycles. The molecule has 2 amide bonds. The zero-order valence-electron chi connectivity index (χ0n) is 16.0. The maximum absolute atomic E-state index is 12.7. The first kappa shape index (κ1) is 21.5. The standard InChI is InChI=1S/C20H29N3O3.ClH/c1-2-12-22(16-8-10-21-11-9-16)20(25)15-26-18-6-3-5-17(14-18)23-13-4-7-19(23)24;/h3,5-6,14,16,21H,2,4,7-13,15H2,1H3;1H. The van der Waals surface area contributed by atoms with Crippen LogP contribution in [0.25, 0.3) is 0 Å². The highest BCUT2D eigenvalue weighted by Gasteiger charge is 2.25. The van der Waals surface area contributed by atoms with Gasteiger partial charge in [-0.05, 0) is 50.9 Å². The van der Waals surface area contributed by atoms with Crippen LogP contribution in [0.5, 0.6) is 5.75 Å². The molecule has 1 aromatic rings. The van der Waals surface area contributed by atoms with Gasteiger partial charge in [0.2, 0.25) is 5.91 Å². The van der Waals surface area contributed by atoms with Crippen LogP contribution in [-0.2, 0) is 9.59 Å². The van der Waals surface area contributed by atoms with Gasteiger partial charge < -0.3 is 19.9 Å². The highest BCUT2D eigenvalue weighted by molar-refractivity contribution is 5.95. The monoisotopic (exact) mass is 395 g/mol. The molecule has 1 aromatic carbocycles. The Balaban J connectivity index is 0.00000261. The number of rotatable bonds is 7. The molecular weight excluding hydrogens is 366 g/mol. The molecule has 0 radical (unpaired) electrons. The van der Waals surface area contributed by atoms with Gasteiger partial charge in [0, 0.05) is 37.3 Å². The highest BCUT2D eigenvalue weighted by Crippen LogP contribution is 2.25. The van der Waals surface area contributed by atoms with Crippen molar-refractivity contribution in [3.63, 3.8) is 0 Å². The average Bonchev–Trinajstić information content (AvgIpc) is 3.11. The summed E-state index contributed by atoms with van der Waals surface area (Å²) in [5.74, 6) is 0.831. The van der Waals surface area contributed by atoms with E-state index in [1.807, 2.05) is 29.2 Å². The van der Waals surface area contributed by atoms with E-state index in [4.69, 9.17) is 4.74 Å². The van der Waals surface area contributed by atoms with Crippen LogP contribution in [0.15, 0.2) is 24.3 Å². The summed E-state index contributed by atoms with van der Waals surface area (Å²) < 4.78 is 5.78. The van der Waals surface area contributed by atoms with Gasteiger partial charge in [0.15, 0.2) is 6.61 Å². The van der Waals surface area contributed by atoms with E-state index in [1.165, 1.54) is 0 Å². The third kappa shape index (κ3) is 5.59. The Morgan fingerprint density at radius 1 is 1.33 bits per heavy atom. The molecule has 2 heterocycles. The predicted octanol–water partition coefficient (Wildman–Crippen LogP) is 2.60. The van der Waals surface area contributed by atoms with Gasteiger partial charge in [0.25, 0.3) is 5.91 Å². The molecule has 2 fully saturated rings. The van der Waals surface area contributed by atoms with Crippen LogP contribution in [-0.4, -0.2) is 55.5 Å². The summed E-state index contributed by atoms with van der Waals surface area (Å²) in [5, 5.41) is 3.34. The van der Waals surface area contributed by atoms with Crippen LogP contribution < -0.4 is 15.0 Å². The lowest BCUT2D eigenvalue weighted by molar-refractivity contribution is -0.136. The predicted molar refractivity (Wildman–Crippen MR) is 109 cm³/mol. The topological polar surface area (TPSA) is 61.9 Å². The van der Waals surface area contributed by atoms with Gasteiger partial charge in [-0.15, -0.1) is 12.4 Å². The summed E-state index contributed by atoms with van der Waals surface area (Å²) in [6.07, 6.45) is 4.44. The second-order valence-electron chi connectivity index (χ2n) is 7.00. The normalized spacial score (nSPS) is 17.5. The van der Waals surface area contributed by atoms with E-state index in [0.717, 1.165) is 57.5 Å². The summed E-state index contributed by atoms with van der Waals surface area (Å²) >= 11 is 0. The molecule has 0 bridgehead atoms. The Hall–Kier alpha value is -1.79. The quantitative estimate of drug-likeness (QED) is 0.770. The second-order valence-corrected chi connectivity index (χ2v) is 7.00. The molecule has 2 aliphatic heterocycles. The van der Waals surface area contributed by atoms with Gasteiger partial charge in [0.05, 0.1) is 0 Å². The number of carbonyl (C=O) groups excluding carboxylic acids is 2. The maximum Gasteiger partial charge on any atom is 0.260 e. The van der Waals surface area contributed by atoms with Crippen molar-refractivity contribution in [3.05, 3.63) is 24.3 Å². The number of amides is 2. The summed E-state index contributed by atoms with van der Waals surface area (Å²) in [4.78, 5) is 28.4. The number of hydrogen-bond donors (Lipinski definition) is 1. The first-order valence-corrected chi connectivity index (χ1v) is 9.72. The van der Waals surface area contributed by atoms with Crippen LogP contribution in [0, 0.1) is 0 Å². The summed E-state index contributed by atoms with van der Waals surface area (Å²) in [5.41, 5.74) is 0.848. The van der Waals surface area contributed by atoms with E-state index in [9.17, 15) is 9.59 Å². The molecule has 0 unspecified atom stereocenters. The van der Waals surface area contributed by atoms with E-state index in [2.05, 4.69) is 12.2 Å². The number of nitrogens with zero attached hydrogens (tertiary/aromatic N) is 2. The minimum Gasteiger partial charge on any atom is -0.484 e. The van der Waals surface area contributed by atoms with Gasteiger partial charge in [-0.3, -0.25) is 9.59 Å². The van der Waals surface area contributed by atoms with Gasteiger partial charge in [-0.1, -0.05) is 13.0 Å². The van der Waals surface area contributed by atoms with Crippen molar-refractivity contribution in [2.24, 2.45) is 0 Å². The number of hydrogen-bond acceptors (Lipinski definition) is 4. The SMILES string of the molecule is CCCN(C(=O)COc1cccc(N2CCCC2=O)c1)C1CCNCC1.Cl. The first-order chi connectivity index (χ1) is 12.7. The largest absolute Gasteiger partial charge is 0.484 e. The summed E-state index contributed by atoms with van der Waals surface area (Å²) in [6, 6.07) is 7.78. The smallest absolute Gasteiger partial charge is 0.260 e. The lowest BCUT2D eigenvalue weighted by Crippen LogP contribution is -2.48. The molecule has 6 nitrogen and oxygen atoms in total. The van der Waals surface area contributed by atoms with Crippen molar-refractivity contribution < 1.29 is 14.3 Å². The third-order valence-electron chi connectivity index (χ3n) is 5.10. The third-order valence-corrected chi connectivity index (χ3v) is 5.10. The van der Waals surface area contributed by atoms with Crippen LogP contribution in [0.3, 0.4) is 0 Å². The van der Waals surface area contributed by atoms with Crippen molar-refractivity contribution >= 4 is 29.9 Å². The van der Waals surface area contributed by atoms with Crippen molar-refractivity contribution in [1.82, 2.24) is 10.2 Å². The molecule has 3 rings (SSSR count). The molecule has 2 aliphatic rings. The number of nitrogens with one attached hydrogen (secondary N) is 1. The molecule has 7 heteroatoms. The fourth-order valence-electron chi connectivity index (χ4n) is 3.76. The Morgan fingerprint density at radius 3 is 2.78 bits per heavy atom. The molecule has 0 spiro atoms. The molecule has 0 atom stereocenters. The molecular formula is C20H30ClN3O3. The van der Waals surface area contributed by atoms with Gasteiger partial charge in [-0.25, -0.2) is 0 Å². The lowest BCUT2D eigenvalue weighted by Gasteiger charge is -2.34. The Bertz CT molecular complexity index is 635. The van der Waals surface area contributed by atoms with Crippen LogP contribution >= 0.6 is 12.4 Å². The number of piperidine rings is 1. The van der Waals surface area contributed by atoms with E-state index in [-0.39, 0.29) is 30.8 Å². The lowest BCUT2D eigenvalue weighted by atomic mass is 10.0. The highest BCUT2D eigenvalue weighted by atomic mass is 35.5. The molecule has 27 heavy (non-hydrogen) atoms. The van der Waals surface area contributed by atoms with Crippen LogP contribution in [0.4, 0.5) is 5.69 Å². The van der Waals surface area contributed by atoms with Crippen molar-refractivity contribution in [1.29, 1.82) is 0 Å². The van der Waals surface area contributed by atoms with Crippen molar-refractivity contribution in [3.8, 4) is 5.75 Å². The van der Waals surface area contributed by atoms with Gasteiger partial charge >= 0.3 is 0 Å². The Kier molecular flexibility index (Phi) is 8.38. The zero-order chi connectivity index (χ0) is 18.4. The molecule has 1 N–H and O–H groups in total. The number of benzene rings is 1. The maximum atomic E-state index is 12.7. The Labute approximate surface area is 167 Å². The first-order valence-electron chi connectivity index (χ1n) is 9.72. The molecule has 0 aliphatic carbocycles. The van der Waals surface area contributed by atoms with Gasteiger partial charge in [-0.2, -0.15) is 0 Å². The second kappa shape index (κ2) is 10.5. The summed E-state index contributed by atoms with van der Waals surface area (Å²) in [7, 11) is 0. The molecule has 0 saturated carbocycles. The zero-order valence-corrected chi connectivity index (χ0v) is 16.8. The average molecular weight is 396 g/mol. The van der Waals surface area contributed by atoms with Crippen molar-refractivity contribution in [2.75, 3.05) is 37.7 Å². The van der Waals surface area contributed by atoms with Crippen LogP contribution in [0.1, 0.15) is 39.0 Å². The number of ether oxygens (including phenoxy) is 1. The minimum absolute atomic E-state index is 0. The fourth-order valence-corrected chi connectivity index (χ4v) is 3.76. The number of carbonyl (C=O) groups is 2. The van der Waals surface area contributed by atoms with E-state index < -0.39 is 0 Å². The Morgan fingerprint density at radius 2 is 2.11 bits per heavy atom. The number of halogens is 1. The fraction of sp³-hybridized carbons (Fsp3) is 0.600. The van der Waals surface area contributed by atoms with E-state index in [0.29, 0.717) is 18.2 Å². The summed E-state index contributed by atoms with van der Waals surface area (Å²) in [6.45, 7) is 5.59. The van der Waals surface area contributed by atoms with Gasteiger partial charge in [0.1, 0.15) is 5.75 Å². The minimum atomic E-state index is 0.